The van der Waals surface area contributed by atoms with Crippen LogP contribution < -0.4 is 39.1 Å². The summed E-state index contributed by atoms with van der Waals surface area (Å²) in [6, 6.07) is 13.0. The lowest BCUT2D eigenvalue weighted by atomic mass is 10.0. The van der Waals surface area contributed by atoms with Crippen molar-refractivity contribution in [3.63, 3.8) is 0 Å². The van der Waals surface area contributed by atoms with E-state index in [-0.39, 0.29) is 35.9 Å². The molecule has 1 N–H and O–H groups in total. The van der Waals surface area contributed by atoms with Crippen molar-refractivity contribution < 1.29 is 38.1 Å². The van der Waals surface area contributed by atoms with Crippen molar-refractivity contribution in [2.24, 2.45) is 5.10 Å². The molecule has 1 saturated heterocycles. The number of hydrazone groups is 1. The highest BCUT2D eigenvalue weighted by atomic mass is 127. The van der Waals surface area contributed by atoms with Crippen LogP contribution in [-0.2, 0) is 4.79 Å². The smallest absolute Gasteiger partial charge is 0.312 e. The van der Waals surface area contributed by atoms with Gasteiger partial charge >= 0.3 is 5.91 Å². The molecule has 1 atom stereocenters. The van der Waals surface area contributed by atoms with Crippen LogP contribution in [0.4, 0.5) is 5.69 Å². The summed E-state index contributed by atoms with van der Waals surface area (Å²) in [5, 5.41) is 7.62. The highest BCUT2D eigenvalue weighted by Crippen LogP contribution is 2.40. The van der Waals surface area contributed by atoms with Crippen LogP contribution in [0.2, 0.25) is 10.0 Å². The monoisotopic (exact) mass is 602 g/mol. The van der Waals surface area contributed by atoms with Gasteiger partial charge in [0, 0.05) is 11.4 Å². The molecular weight excluding hydrogens is 574 g/mol. The second-order valence-electron chi connectivity index (χ2n) is 8.68. The molecule has 0 bridgehead atoms. The number of ether oxygens (including phenoxy) is 1. The van der Waals surface area contributed by atoms with Gasteiger partial charge in [0.05, 0.1) is 30.9 Å². The van der Waals surface area contributed by atoms with Crippen molar-refractivity contribution in [2.45, 2.75) is 38.1 Å². The molecule has 6 nitrogen and oxygen atoms in total. The van der Waals surface area contributed by atoms with E-state index in [1.807, 2.05) is 35.3 Å². The zero-order valence-corrected chi connectivity index (χ0v) is 22.5. The van der Waals surface area contributed by atoms with Crippen molar-refractivity contribution in [3.8, 4) is 5.75 Å². The Kier molecular flexibility index (Phi) is 8.89. The van der Waals surface area contributed by atoms with Crippen LogP contribution in [0.5, 0.6) is 5.75 Å². The molecule has 4 rings (SSSR count). The Morgan fingerprint density at radius 2 is 1.76 bits per heavy atom. The Labute approximate surface area is 222 Å². The number of rotatable bonds is 5. The molecule has 0 aliphatic carbocycles. The summed E-state index contributed by atoms with van der Waals surface area (Å²) in [4.78, 5) is 13.3. The van der Waals surface area contributed by atoms with Crippen LogP contribution in [0.3, 0.4) is 0 Å². The molecular formula is C24H29Cl2IN4O2. The summed E-state index contributed by atoms with van der Waals surface area (Å²) in [7, 11) is 3.73. The van der Waals surface area contributed by atoms with E-state index in [2.05, 4.69) is 12.5 Å². The molecule has 1 amide bonds. The van der Waals surface area contributed by atoms with E-state index in [1.54, 1.807) is 19.2 Å². The van der Waals surface area contributed by atoms with Gasteiger partial charge in [-0.25, -0.2) is 4.59 Å². The van der Waals surface area contributed by atoms with Gasteiger partial charge in [0.15, 0.2) is 0 Å². The van der Waals surface area contributed by atoms with Crippen molar-refractivity contribution in [3.05, 3.63) is 58.1 Å². The Morgan fingerprint density at radius 3 is 2.36 bits per heavy atom. The maximum Gasteiger partial charge on any atom is 0.312 e. The van der Waals surface area contributed by atoms with Crippen LogP contribution in [0.25, 0.3) is 0 Å². The number of benzene rings is 2. The van der Waals surface area contributed by atoms with Gasteiger partial charge < -0.3 is 28.7 Å². The van der Waals surface area contributed by atoms with Crippen molar-refractivity contribution in [2.75, 3.05) is 32.3 Å². The van der Waals surface area contributed by atoms with E-state index in [9.17, 15) is 4.79 Å². The Bertz CT molecular complexity index is 1010. The van der Waals surface area contributed by atoms with E-state index in [4.69, 9.17) is 33.0 Å². The second kappa shape index (κ2) is 11.3. The molecule has 2 heterocycles. The van der Waals surface area contributed by atoms with Gasteiger partial charge in [0.25, 0.3) is 0 Å². The van der Waals surface area contributed by atoms with Crippen LogP contribution in [-0.4, -0.2) is 43.5 Å². The molecule has 178 valence electrons. The molecule has 2 aromatic rings. The number of hydrogen-bond acceptors (Lipinski definition) is 4. The molecule has 2 aromatic carbocycles. The molecule has 1 fully saturated rings. The van der Waals surface area contributed by atoms with E-state index < -0.39 is 0 Å². The number of halogens is 3. The number of amides is 1. The third-order valence-electron chi connectivity index (χ3n) is 6.25. The lowest BCUT2D eigenvalue weighted by Gasteiger charge is -2.32. The zero-order valence-electron chi connectivity index (χ0n) is 18.9. The first-order chi connectivity index (χ1) is 15.4. The topological polar surface area (TPSA) is 53.9 Å². The van der Waals surface area contributed by atoms with Crippen LogP contribution in [0.1, 0.15) is 43.7 Å². The fraction of sp³-hybridized carbons (Fsp3) is 0.417. The minimum Gasteiger partial charge on any atom is -1.00 e. The molecule has 1 unspecified atom stereocenters. The zero-order chi connectivity index (χ0) is 22.7. The highest BCUT2D eigenvalue weighted by Gasteiger charge is 2.36. The average Bonchev–Trinajstić information content (AvgIpc) is 3.10. The molecule has 0 radical (unpaired) electrons. The molecule has 2 aliphatic heterocycles. The number of quaternary nitrogens is 1. The third kappa shape index (κ3) is 6.12. The van der Waals surface area contributed by atoms with Gasteiger partial charge in [0.2, 0.25) is 0 Å². The summed E-state index contributed by atoms with van der Waals surface area (Å²) in [5.41, 5.74) is 5.47. The predicted molar refractivity (Wildman–Crippen MR) is 129 cm³/mol. The van der Waals surface area contributed by atoms with Gasteiger partial charge in [-0.3, -0.25) is 9.80 Å². The van der Waals surface area contributed by atoms with Crippen molar-refractivity contribution in [1.29, 1.82) is 0 Å². The van der Waals surface area contributed by atoms with Crippen LogP contribution in [0, 0.1) is 0 Å². The molecule has 0 aromatic heterocycles. The van der Waals surface area contributed by atoms with Gasteiger partial charge in [-0.15, -0.1) is 0 Å². The second-order valence-corrected chi connectivity index (χ2v) is 9.52. The lowest BCUT2D eigenvalue weighted by Crippen LogP contribution is -3.00. The molecule has 33 heavy (non-hydrogen) atoms. The third-order valence-corrected chi connectivity index (χ3v) is 6.79. The van der Waals surface area contributed by atoms with Crippen LogP contribution >= 0.6 is 23.2 Å². The minimum atomic E-state index is -0.158. The molecule has 0 spiro atoms. The first-order valence-electron chi connectivity index (χ1n) is 11.0. The Hall–Kier alpha value is -1.55. The quantitative estimate of drug-likeness (QED) is 0.422. The van der Waals surface area contributed by atoms with Gasteiger partial charge in [-0.2, -0.15) is 10.5 Å². The van der Waals surface area contributed by atoms with Gasteiger partial charge in [-0.05, 0) is 61.6 Å². The first kappa shape index (κ1) is 26.1. The van der Waals surface area contributed by atoms with E-state index in [0.717, 1.165) is 42.9 Å². The Balaban J connectivity index is 0.00000306. The largest absolute Gasteiger partial charge is 1.00 e. The standard InChI is InChI=1S/C24H28Cl2N4O2.HI/c1-30(13-5-3-4-6-14-30)28-24(31)21-16-23(17-7-10-19(32-2)11-8-17)29(27-21)22-12-9-18(25)15-20(22)26;/h7-12,15,23H,3-6,13-14,16H2,1-2H3;1H. The fourth-order valence-electron chi connectivity index (χ4n) is 4.43. The van der Waals surface area contributed by atoms with E-state index >= 15 is 0 Å². The number of hydrogen-bond donors (Lipinski definition) is 1. The lowest BCUT2D eigenvalue weighted by molar-refractivity contribution is -0.942. The highest BCUT2D eigenvalue weighted by molar-refractivity contribution is 6.40. The van der Waals surface area contributed by atoms with E-state index in [0.29, 0.717) is 26.8 Å². The van der Waals surface area contributed by atoms with Gasteiger partial charge in [0.1, 0.15) is 24.6 Å². The summed E-state index contributed by atoms with van der Waals surface area (Å²) >= 11 is 12.6. The summed E-state index contributed by atoms with van der Waals surface area (Å²) < 4.78 is 5.84. The predicted octanol–water partition coefficient (Wildman–Crippen LogP) is 2.37. The number of nitrogens with one attached hydrogen (secondary N) is 1. The number of carbonyl (C=O) groups excluding carboxylic acids is 1. The summed E-state index contributed by atoms with van der Waals surface area (Å²) in [6.07, 6.45) is 5.14. The first-order valence-corrected chi connectivity index (χ1v) is 11.8. The number of anilines is 1. The number of carbonyl (C=O) groups is 1. The van der Waals surface area contributed by atoms with E-state index in [1.165, 1.54) is 12.8 Å². The average molecular weight is 603 g/mol. The molecule has 9 heteroatoms. The maximum absolute atomic E-state index is 13.3. The SMILES string of the molecule is COc1ccc(C2CC(C(=O)N[N+]3(C)CCCCCC3)=NN2c2ccc(Cl)cc2Cl)cc1.[I-]. The maximum atomic E-state index is 13.3. The fourth-order valence-corrected chi connectivity index (χ4v) is 4.93. The molecule has 0 saturated carbocycles. The normalized spacial score (nSPS) is 19.8. The minimum absolute atomic E-state index is 0. The number of nitrogens with zero attached hydrogens (tertiary/aromatic N) is 3. The Morgan fingerprint density at radius 1 is 1.09 bits per heavy atom. The molecule has 2 aliphatic rings. The van der Waals surface area contributed by atoms with Crippen LogP contribution in [0.15, 0.2) is 47.6 Å². The summed E-state index contributed by atoms with van der Waals surface area (Å²) in [6.45, 7) is 1.88. The van der Waals surface area contributed by atoms with Crippen molar-refractivity contribution >= 4 is 40.5 Å². The number of methoxy groups -OCH3 is 1. The van der Waals surface area contributed by atoms with Crippen molar-refractivity contribution in [1.82, 2.24) is 5.43 Å². The van der Waals surface area contributed by atoms with Gasteiger partial charge in [-0.1, -0.05) is 35.3 Å². The summed E-state index contributed by atoms with van der Waals surface area (Å²) in [5.74, 6) is 0.654. The number of likely N-dealkylation sites (tertiary alicyclic amines) is 1.